The molecular weight excluding hydrogens is 430 g/mol. The van der Waals surface area contributed by atoms with Crippen LogP contribution in [0.25, 0.3) is 5.76 Å². The Kier molecular flexibility index (Phi) is 6.97. The molecule has 3 aromatic rings. The van der Waals surface area contributed by atoms with Crippen LogP contribution in [0.15, 0.2) is 84.4 Å². The number of hydrogen-bond donors (Lipinski definition) is 1. The smallest absolute Gasteiger partial charge is 0.295 e. The van der Waals surface area contributed by atoms with Crippen molar-refractivity contribution in [3.05, 3.63) is 101 Å². The zero-order valence-electron chi connectivity index (χ0n) is 19.2. The molecule has 3 aromatic carbocycles. The molecule has 0 aliphatic carbocycles. The maximum Gasteiger partial charge on any atom is 0.295 e. The first kappa shape index (κ1) is 23.1. The Morgan fingerprint density at radius 2 is 1.68 bits per heavy atom. The number of benzene rings is 3. The standard InChI is InChI=1S/C28H27NO5/c1-3-34-22-14-12-20(13-15-22)25-24(26(30)21-10-7-11-23(18-21)33-2)27(31)28(32)29(25)17-16-19-8-5-4-6-9-19/h4-15,18,25,30H,3,16-17H2,1-2H3. The van der Waals surface area contributed by atoms with Gasteiger partial charge in [0.1, 0.15) is 17.3 Å². The monoisotopic (exact) mass is 457 g/mol. The molecule has 1 aliphatic rings. The maximum absolute atomic E-state index is 13.2. The van der Waals surface area contributed by atoms with E-state index < -0.39 is 17.7 Å². The number of nitrogens with zero attached hydrogens (tertiary/aromatic N) is 1. The molecule has 1 fully saturated rings. The maximum atomic E-state index is 13.2. The molecule has 0 bridgehead atoms. The van der Waals surface area contributed by atoms with Gasteiger partial charge in [-0.25, -0.2) is 0 Å². The van der Waals surface area contributed by atoms with Gasteiger partial charge in [0.25, 0.3) is 11.7 Å². The largest absolute Gasteiger partial charge is 0.507 e. The van der Waals surface area contributed by atoms with Crippen LogP contribution < -0.4 is 9.47 Å². The normalized spacial score (nSPS) is 17.1. The van der Waals surface area contributed by atoms with Crippen molar-refractivity contribution in [3.63, 3.8) is 0 Å². The van der Waals surface area contributed by atoms with Crippen molar-refractivity contribution in [2.75, 3.05) is 20.3 Å². The summed E-state index contributed by atoms with van der Waals surface area (Å²) >= 11 is 0. The van der Waals surface area contributed by atoms with Crippen molar-refractivity contribution >= 4 is 17.4 Å². The molecule has 174 valence electrons. The third-order valence-corrected chi connectivity index (χ3v) is 5.87. The minimum absolute atomic E-state index is 0.0653. The van der Waals surface area contributed by atoms with Crippen LogP contribution in [-0.4, -0.2) is 42.0 Å². The van der Waals surface area contributed by atoms with E-state index >= 15 is 0 Å². The molecule has 0 saturated carbocycles. The highest BCUT2D eigenvalue weighted by molar-refractivity contribution is 6.46. The lowest BCUT2D eigenvalue weighted by Gasteiger charge is -2.25. The molecule has 1 unspecified atom stereocenters. The van der Waals surface area contributed by atoms with Crippen LogP contribution in [0.5, 0.6) is 11.5 Å². The molecule has 1 amide bonds. The van der Waals surface area contributed by atoms with Gasteiger partial charge in [-0.2, -0.15) is 0 Å². The molecule has 6 nitrogen and oxygen atoms in total. The summed E-state index contributed by atoms with van der Waals surface area (Å²) in [5, 5.41) is 11.2. The number of ether oxygens (including phenoxy) is 2. The summed E-state index contributed by atoms with van der Waals surface area (Å²) in [6.45, 7) is 2.77. The van der Waals surface area contributed by atoms with E-state index in [1.807, 2.05) is 61.5 Å². The van der Waals surface area contributed by atoms with Gasteiger partial charge in [-0.15, -0.1) is 0 Å². The highest BCUT2D eigenvalue weighted by atomic mass is 16.5. The number of methoxy groups -OCH3 is 1. The third kappa shape index (κ3) is 4.66. The molecule has 1 saturated heterocycles. The number of aliphatic hydroxyl groups excluding tert-OH is 1. The second kappa shape index (κ2) is 10.3. The highest BCUT2D eigenvalue weighted by Gasteiger charge is 2.45. The number of hydrogen-bond acceptors (Lipinski definition) is 5. The Morgan fingerprint density at radius 1 is 0.941 bits per heavy atom. The van der Waals surface area contributed by atoms with Crippen LogP contribution in [-0.2, 0) is 16.0 Å². The van der Waals surface area contributed by atoms with E-state index in [-0.39, 0.29) is 11.3 Å². The van der Waals surface area contributed by atoms with Gasteiger partial charge >= 0.3 is 0 Å². The minimum Gasteiger partial charge on any atom is -0.507 e. The molecule has 0 radical (unpaired) electrons. The van der Waals surface area contributed by atoms with Gasteiger partial charge in [-0.05, 0) is 48.7 Å². The van der Waals surface area contributed by atoms with E-state index in [9.17, 15) is 14.7 Å². The van der Waals surface area contributed by atoms with Crippen LogP contribution >= 0.6 is 0 Å². The summed E-state index contributed by atoms with van der Waals surface area (Å²) in [6.07, 6.45) is 0.584. The van der Waals surface area contributed by atoms with E-state index in [0.29, 0.717) is 36.6 Å². The van der Waals surface area contributed by atoms with E-state index in [1.165, 1.54) is 12.0 Å². The van der Waals surface area contributed by atoms with Crippen molar-refractivity contribution in [1.82, 2.24) is 4.90 Å². The van der Waals surface area contributed by atoms with Gasteiger partial charge in [0.05, 0.1) is 25.3 Å². The fraction of sp³-hybridized carbons (Fsp3) is 0.214. The van der Waals surface area contributed by atoms with Crippen LogP contribution in [0.4, 0.5) is 0 Å². The molecule has 1 heterocycles. The van der Waals surface area contributed by atoms with Gasteiger partial charge in [0, 0.05) is 12.1 Å². The lowest BCUT2D eigenvalue weighted by atomic mass is 9.95. The quantitative estimate of drug-likeness (QED) is 0.300. The molecule has 6 heteroatoms. The molecule has 34 heavy (non-hydrogen) atoms. The summed E-state index contributed by atoms with van der Waals surface area (Å²) in [5.74, 6) is -0.315. The highest BCUT2D eigenvalue weighted by Crippen LogP contribution is 2.40. The van der Waals surface area contributed by atoms with Crippen LogP contribution in [0.1, 0.15) is 29.7 Å². The number of Topliss-reactive ketones (excluding diaryl/α,β-unsaturated/α-hetero) is 1. The first-order chi connectivity index (χ1) is 16.5. The minimum atomic E-state index is -0.717. The lowest BCUT2D eigenvalue weighted by Crippen LogP contribution is -2.31. The van der Waals surface area contributed by atoms with Crippen molar-refractivity contribution in [3.8, 4) is 11.5 Å². The van der Waals surface area contributed by atoms with Crippen LogP contribution in [0.3, 0.4) is 0 Å². The van der Waals surface area contributed by atoms with E-state index in [2.05, 4.69) is 0 Å². The zero-order valence-corrected chi connectivity index (χ0v) is 19.2. The molecule has 0 aromatic heterocycles. The first-order valence-electron chi connectivity index (χ1n) is 11.2. The molecular formula is C28H27NO5. The number of amides is 1. The van der Waals surface area contributed by atoms with Crippen molar-refractivity contribution in [2.24, 2.45) is 0 Å². The van der Waals surface area contributed by atoms with Crippen molar-refractivity contribution < 1.29 is 24.2 Å². The molecule has 1 aliphatic heterocycles. The van der Waals surface area contributed by atoms with Gasteiger partial charge in [-0.1, -0.05) is 54.6 Å². The number of carbonyl (C=O) groups is 2. The summed E-state index contributed by atoms with van der Waals surface area (Å²) in [5.41, 5.74) is 2.26. The Hall–Kier alpha value is -4.06. The Labute approximate surface area is 199 Å². The van der Waals surface area contributed by atoms with E-state index in [1.54, 1.807) is 24.3 Å². The Morgan fingerprint density at radius 3 is 2.35 bits per heavy atom. The Bertz CT molecular complexity index is 1200. The average Bonchev–Trinajstić information content (AvgIpc) is 3.13. The molecule has 4 rings (SSSR count). The second-order valence-corrected chi connectivity index (χ2v) is 7.96. The molecule has 1 N–H and O–H groups in total. The average molecular weight is 458 g/mol. The predicted molar refractivity (Wildman–Crippen MR) is 130 cm³/mol. The number of aliphatic hydroxyl groups is 1. The fourth-order valence-electron chi connectivity index (χ4n) is 4.19. The predicted octanol–water partition coefficient (Wildman–Crippen LogP) is 4.76. The zero-order chi connectivity index (χ0) is 24.1. The van der Waals surface area contributed by atoms with Crippen molar-refractivity contribution in [2.45, 2.75) is 19.4 Å². The number of likely N-dealkylation sites (tertiary alicyclic amines) is 1. The third-order valence-electron chi connectivity index (χ3n) is 5.87. The van der Waals surface area contributed by atoms with Crippen LogP contribution in [0, 0.1) is 0 Å². The number of rotatable bonds is 8. The van der Waals surface area contributed by atoms with Gasteiger partial charge in [0.2, 0.25) is 0 Å². The molecule has 1 atom stereocenters. The van der Waals surface area contributed by atoms with E-state index in [0.717, 1.165) is 11.1 Å². The van der Waals surface area contributed by atoms with Crippen molar-refractivity contribution in [1.29, 1.82) is 0 Å². The number of carbonyl (C=O) groups excluding carboxylic acids is 2. The van der Waals surface area contributed by atoms with Crippen LogP contribution in [0.2, 0.25) is 0 Å². The molecule has 0 spiro atoms. The summed E-state index contributed by atoms with van der Waals surface area (Å²) < 4.78 is 10.8. The van der Waals surface area contributed by atoms with Gasteiger partial charge in [-0.3, -0.25) is 9.59 Å². The summed E-state index contributed by atoms with van der Waals surface area (Å²) in [6, 6.07) is 23.1. The fourth-order valence-corrected chi connectivity index (χ4v) is 4.19. The topological polar surface area (TPSA) is 76.1 Å². The number of ketones is 1. The SMILES string of the molecule is CCOc1ccc(C2C(=C(O)c3cccc(OC)c3)C(=O)C(=O)N2CCc2ccccc2)cc1. The van der Waals surface area contributed by atoms with Gasteiger partial charge in [0.15, 0.2) is 0 Å². The summed E-state index contributed by atoms with van der Waals surface area (Å²) in [7, 11) is 1.53. The van der Waals surface area contributed by atoms with Gasteiger partial charge < -0.3 is 19.5 Å². The van der Waals surface area contributed by atoms with E-state index in [4.69, 9.17) is 9.47 Å². The first-order valence-corrected chi connectivity index (χ1v) is 11.2. The summed E-state index contributed by atoms with van der Waals surface area (Å²) in [4.78, 5) is 27.9. The Balaban J connectivity index is 1.77. The second-order valence-electron chi connectivity index (χ2n) is 7.96. The lowest BCUT2D eigenvalue weighted by molar-refractivity contribution is -0.139.